The van der Waals surface area contributed by atoms with Crippen molar-refractivity contribution in [2.24, 2.45) is 0 Å². The van der Waals surface area contributed by atoms with E-state index in [1.54, 1.807) is 30.6 Å². The van der Waals surface area contributed by atoms with Crippen LogP contribution in [-0.2, 0) is 4.74 Å². The highest BCUT2D eigenvalue weighted by Crippen LogP contribution is 2.28. The number of para-hydroxylation sites is 1. The lowest BCUT2D eigenvalue weighted by atomic mass is 10.0. The molecule has 3 heterocycles. The molecule has 0 saturated carbocycles. The number of nitrogens with one attached hydrogen (secondary N) is 1. The molecule has 0 radical (unpaired) electrons. The van der Waals surface area contributed by atoms with Crippen molar-refractivity contribution in [3.63, 3.8) is 0 Å². The Morgan fingerprint density at radius 3 is 2.59 bits per heavy atom. The number of halogens is 1. The number of hydrogen-bond donors (Lipinski definition) is 1. The van der Waals surface area contributed by atoms with Gasteiger partial charge in [-0.3, -0.25) is 9.78 Å². The zero-order valence-electron chi connectivity index (χ0n) is 19.0. The van der Waals surface area contributed by atoms with Crippen molar-refractivity contribution in [2.45, 2.75) is 26.1 Å². The van der Waals surface area contributed by atoms with E-state index in [0.717, 1.165) is 10.9 Å². The highest BCUT2D eigenvalue weighted by Gasteiger charge is 2.24. The molecule has 0 aliphatic carbocycles. The summed E-state index contributed by atoms with van der Waals surface area (Å²) >= 11 is 0. The lowest BCUT2D eigenvalue weighted by Gasteiger charge is -2.37. The summed E-state index contributed by atoms with van der Waals surface area (Å²) in [4.78, 5) is 24.1. The number of hydrogen-bond acceptors (Lipinski definition) is 5. The first-order valence-electron chi connectivity index (χ1n) is 11.3. The van der Waals surface area contributed by atoms with E-state index >= 15 is 4.39 Å². The highest BCUT2D eigenvalue weighted by atomic mass is 19.1. The molecule has 172 valence electrons. The van der Waals surface area contributed by atoms with Crippen molar-refractivity contribution in [3.05, 3.63) is 84.4 Å². The fraction of sp³-hybridized carbons (Fsp3) is 0.222. The van der Waals surface area contributed by atoms with Crippen LogP contribution in [0, 0.1) is 5.82 Å². The van der Waals surface area contributed by atoms with E-state index in [4.69, 9.17) is 4.74 Å². The summed E-state index contributed by atoms with van der Waals surface area (Å²) in [6.07, 6.45) is 3.45. The second-order valence-corrected chi connectivity index (χ2v) is 8.60. The van der Waals surface area contributed by atoms with Crippen LogP contribution >= 0.6 is 0 Å². The molecule has 0 spiro atoms. The van der Waals surface area contributed by atoms with Crippen LogP contribution in [0.1, 0.15) is 24.2 Å². The zero-order chi connectivity index (χ0) is 23.7. The summed E-state index contributed by atoms with van der Waals surface area (Å²) in [5, 5.41) is 3.58. The first-order valence-corrected chi connectivity index (χ1v) is 11.3. The molecule has 1 N–H and O–H groups in total. The molecular weight excluding hydrogens is 431 g/mol. The molecule has 1 saturated heterocycles. The molecular formula is C27H25FN4O2. The van der Waals surface area contributed by atoms with E-state index in [0.29, 0.717) is 41.2 Å². The van der Waals surface area contributed by atoms with Gasteiger partial charge in [0.15, 0.2) is 0 Å². The average molecular weight is 457 g/mol. The third kappa shape index (κ3) is 4.47. The minimum absolute atomic E-state index is 0.0245. The largest absolute Gasteiger partial charge is 0.372 e. The minimum atomic E-state index is -0.380. The van der Waals surface area contributed by atoms with Crippen LogP contribution in [0.25, 0.3) is 22.2 Å². The van der Waals surface area contributed by atoms with E-state index in [2.05, 4.69) is 15.3 Å². The smallest absolute Gasteiger partial charge is 0.256 e. The Kier molecular flexibility index (Phi) is 5.94. The maximum atomic E-state index is 15.0. The maximum absolute atomic E-state index is 15.0. The Balaban J connectivity index is 1.44. The van der Waals surface area contributed by atoms with Crippen molar-refractivity contribution in [1.82, 2.24) is 9.97 Å². The number of amides is 1. The highest BCUT2D eigenvalue weighted by molar-refractivity contribution is 6.13. The van der Waals surface area contributed by atoms with Gasteiger partial charge < -0.3 is 15.0 Å². The number of morpholine rings is 1. The number of carbonyl (C=O) groups excluding carboxylic acids is 1. The van der Waals surface area contributed by atoms with Crippen molar-refractivity contribution >= 4 is 28.2 Å². The fourth-order valence-electron chi connectivity index (χ4n) is 4.44. The Morgan fingerprint density at radius 1 is 1.06 bits per heavy atom. The topological polar surface area (TPSA) is 67.4 Å². The number of ether oxygens (including phenoxy) is 1. The lowest BCUT2D eigenvalue weighted by Crippen LogP contribution is -2.45. The molecule has 34 heavy (non-hydrogen) atoms. The molecule has 6 nitrogen and oxygen atoms in total. The Morgan fingerprint density at radius 2 is 1.85 bits per heavy atom. The van der Waals surface area contributed by atoms with Gasteiger partial charge in [-0.1, -0.05) is 18.2 Å². The first-order chi connectivity index (χ1) is 16.5. The Bertz CT molecular complexity index is 1340. The second kappa shape index (κ2) is 9.19. The van der Waals surface area contributed by atoms with Gasteiger partial charge in [-0.2, -0.15) is 0 Å². The van der Waals surface area contributed by atoms with E-state index < -0.39 is 0 Å². The summed E-state index contributed by atoms with van der Waals surface area (Å²) in [7, 11) is 0. The summed E-state index contributed by atoms with van der Waals surface area (Å²) in [6.45, 7) is 5.20. The molecule has 1 aliphatic rings. The third-order valence-electron chi connectivity index (χ3n) is 5.88. The van der Waals surface area contributed by atoms with Gasteiger partial charge in [-0.25, -0.2) is 9.37 Å². The van der Waals surface area contributed by atoms with Gasteiger partial charge in [-0.15, -0.1) is 0 Å². The van der Waals surface area contributed by atoms with Crippen LogP contribution in [0.3, 0.4) is 0 Å². The van der Waals surface area contributed by atoms with Crippen LogP contribution in [0.4, 0.5) is 15.8 Å². The molecule has 4 aromatic rings. The minimum Gasteiger partial charge on any atom is -0.372 e. The third-order valence-corrected chi connectivity index (χ3v) is 5.88. The average Bonchev–Trinajstić information content (AvgIpc) is 2.83. The molecule has 2 aromatic carbocycles. The van der Waals surface area contributed by atoms with Crippen LogP contribution in [0.2, 0.25) is 0 Å². The van der Waals surface area contributed by atoms with Gasteiger partial charge in [0.05, 0.1) is 34.7 Å². The van der Waals surface area contributed by atoms with Gasteiger partial charge in [0, 0.05) is 42.1 Å². The monoisotopic (exact) mass is 456 g/mol. The van der Waals surface area contributed by atoms with Crippen LogP contribution in [0.5, 0.6) is 0 Å². The van der Waals surface area contributed by atoms with Gasteiger partial charge >= 0.3 is 0 Å². The van der Waals surface area contributed by atoms with Crippen molar-refractivity contribution in [3.8, 4) is 11.3 Å². The summed E-state index contributed by atoms with van der Waals surface area (Å²) in [5.41, 5.74) is 3.52. The maximum Gasteiger partial charge on any atom is 0.256 e. The Labute approximate surface area is 197 Å². The van der Waals surface area contributed by atoms with Crippen molar-refractivity contribution < 1.29 is 13.9 Å². The van der Waals surface area contributed by atoms with E-state index in [1.807, 2.05) is 55.1 Å². The van der Waals surface area contributed by atoms with Gasteiger partial charge in [0.2, 0.25) is 0 Å². The van der Waals surface area contributed by atoms with E-state index in [-0.39, 0.29) is 23.9 Å². The molecule has 0 bridgehead atoms. The van der Waals surface area contributed by atoms with Crippen LogP contribution < -0.4 is 10.2 Å². The number of anilines is 2. The molecule has 1 fully saturated rings. The standard InChI is InChI=1S/C27H25FN4O2/c1-17-15-32(16-18(2)34-17)26-10-9-20(12-23(26)28)30-27(33)22-13-25(19-6-5-11-29-14-19)31-24-8-4-3-7-21(22)24/h3-14,17-18H,15-16H2,1-2H3,(H,30,33). The normalized spacial score (nSPS) is 18.1. The number of aromatic nitrogens is 2. The number of carbonyl (C=O) groups is 1. The second-order valence-electron chi connectivity index (χ2n) is 8.60. The molecule has 1 amide bonds. The predicted molar refractivity (Wildman–Crippen MR) is 132 cm³/mol. The lowest BCUT2D eigenvalue weighted by molar-refractivity contribution is -0.00539. The van der Waals surface area contributed by atoms with Crippen molar-refractivity contribution in [2.75, 3.05) is 23.3 Å². The predicted octanol–water partition coefficient (Wildman–Crippen LogP) is 5.30. The number of pyridine rings is 2. The fourth-order valence-corrected chi connectivity index (χ4v) is 4.44. The van der Waals surface area contributed by atoms with Crippen LogP contribution in [-0.4, -0.2) is 41.2 Å². The number of fused-ring (bicyclic) bond motifs is 1. The number of benzene rings is 2. The summed E-state index contributed by atoms with van der Waals surface area (Å²) < 4.78 is 20.8. The van der Waals surface area contributed by atoms with Gasteiger partial charge in [0.25, 0.3) is 5.91 Å². The van der Waals surface area contributed by atoms with Crippen molar-refractivity contribution in [1.29, 1.82) is 0 Å². The van der Waals surface area contributed by atoms with Crippen LogP contribution in [0.15, 0.2) is 73.1 Å². The SMILES string of the molecule is CC1CN(c2ccc(NC(=O)c3cc(-c4cccnc4)nc4ccccc34)cc2F)CC(C)O1. The quantitative estimate of drug-likeness (QED) is 0.451. The number of rotatable bonds is 4. The Hall–Kier alpha value is -3.84. The zero-order valence-corrected chi connectivity index (χ0v) is 19.0. The van der Waals surface area contributed by atoms with E-state index in [9.17, 15) is 4.79 Å². The van der Waals surface area contributed by atoms with Gasteiger partial charge in [-0.05, 0) is 56.3 Å². The molecule has 5 rings (SSSR count). The molecule has 2 aromatic heterocycles. The van der Waals surface area contributed by atoms with Gasteiger partial charge in [0.1, 0.15) is 5.82 Å². The first kappa shape index (κ1) is 22.0. The van der Waals surface area contributed by atoms with E-state index in [1.165, 1.54) is 6.07 Å². The summed E-state index contributed by atoms with van der Waals surface area (Å²) in [5.74, 6) is -0.709. The molecule has 1 aliphatic heterocycles. The molecule has 2 unspecified atom stereocenters. The molecule has 7 heteroatoms. The molecule has 2 atom stereocenters. The number of nitrogens with zero attached hydrogens (tertiary/aromatic N) is 3. The summed E-state index contributed by atoms with van der Waals surface area (Å²) in [6, 6.07) is 17.7.